The zero-order chi connectivity index (χ0) is 16.6. The second-order valence-corrected chi connectivity index (χ2v) is 8.92. The predicted molar refractivity (Wildman–Crippen MR) is 94.8 cm³/mol. The first-order valence-electron chi connectivity index (χ1n) is 8.27. The summed E-state index contributed by atoms with van der Waals surface area (Å²) in [6, 6.07) is 6.38. The number of H-pyrrole nitrogens is 1. The first-order valence-corrected chi connectivity index (χ1v) is 9.08. The van der Waals surface area contributed by atoms with Crippen LogP contribution < -0.4 is 0 Å². The summed E-state index contributed by atoms with van der Waals surface area (Å²) in [5.41, 5.74) is 1.70. The third-order valence-electron chi connectivity index (χ3n) is 4.29. The lowest BCUT2D eigenvalue weighted by Crippen LogP contribution is -2.37. The van der Waals surface area contributed by atoms with E-state index in [2.05, 4.69) is 50.0 Å². The van der Waals surface area contributed by atoms with Gasteiger partial charge in [0.05, 0.1) is 10.6 Å². The molecule has 1 aliphatic rings. The number of nitrogens with zero attached hydrogens (tertiary/aromatic N) is 2. The van der Waals surface area contributed by atoms with E-state index in [1.807, 2.05) is 11.0 Å². The number of likely N-dealkylation sites (tertiary alicyclic amines) is 1. The summed E-state index contributed by atoms with van der Waals surface area (Å²) >= 11 is 1.71. The number of hydrogen-bond donors (Lipinski definition) is 1. The summed E-state index contributed by atoms with van der Waals surface area (Å²) in [7, 11) is 0. The van der Waals surface area contributed by atoms with Gasteiger partial charge in [0.25, 0.3) is 5.91 Å². The zero-order valence-corrected chi connectivity index (χ0v) is 15.2. The molecular weight excluding hydrogens is 306 g/mol. The fourth-order valence-corrected chi connectivity index (χ4v) is 4.14. The maximum absolute atomic E-state index is 12.8. The minimum atomic E-state index is 0.0625. The van der Waals surface area contributed by atoms with E-state index in [0.29, 0.717) is 11.7 Å². The molecule has 1 saturated heterocycles. The number of amides is 1. The van der Waals surface area contributed by atoms with Crippen molar-refractivity contribution in [2.24, 2.45) is 5.41 Å². The van der Waals surface area contributed by atoms with Gasteiger partial charge in [0.15, 0.2) is 5.69 Å². The van der Waals surface area contributed by atoms with Crippen LogP contribution in [0.5, 0.6) is 0 Å². The molecule has 0 aromatic carbocycles. The van der Waals surface area contributed by atoms with Crippen molar-refractivity contribution in [2.75, 3.05) is 6.54 Å². The minimum Gasteiger partial charge on any atom is -0.334 e. The van der Waals surface area contributed by atoms with Crippen molar-refractivity contribution in [3.05, 3.63) is 28.8 Å². The highest BCUT2D eigenvalue weighted by Gasteiger charge is 2.33. The van der Waals surface area contributed by atoms with Crippen molar-refractivity contribution in [2.45, 2.75) is 53.0 Å². The number of aryl methyl sites for hydroxylation is 1. The molecule has 1 N–H and O–H groups in total. The molecule has 0 aliphatic carbocycles. The summed E-state index contributed by atoms with van der Waals surface area (Å²) in [4.78, 5) is 17.2. The highest BCUT2D eigenvalue weighted by Crippen LogP contribution is 2.31. The van der Waals surface area contributed by atoms with E-state index < -0.39 is 0 Å². The Hall–Kier alpha value is -1.62. The molecule has 1 atom stereocenters. The number of aromatic nitrogens is 2. The molecule has 1 amide bonds. The van der Waals surface area contributed by atoms with Gasteiger partial charge in [0.1, 0.15) is 0 Å². The maximum Gasteiger partial charge on any atom is 0.274 e. The monoisotopic (exact) mass is 331 g/mol. The smallest absolute Gasteiger partial charge is 0.274 e. The Bertz CT molecular complexity index is 695. The van der Waals surface area contributed by atoms with Gasteiger partial charge in [-0.05, 0) is 49.8 Å². The quantitative estimate of drug-likeness (QED) is 0.901. The molecule has 5 heteroatoms. The lowest BCUT2D eigenvalue weighted by Gasteiger charge is -2.29. The summed E-state index contributed by atoms with van der Waals surface area (Å²) in [6.07, 6.45) is 3.23. The molecule has 0 spiro atoms. The van der Waals surface area contributed by atoms with Crippen LogP contribution in [0.3, 0.4) is 0 Å². The van der Waals surface area contributed by atoms with Crippen molar-refractivity contribution in [3.8, 4) is 10.6 Å². The van der Waals surface area contributed by atoms with Gasteiger partial charge in [-0.25, -0.2) is 0 Å². The summed E-state index contributed by atoms with van der Waals surface area (Å²) in [5, 5.41) is 7.28. The molecule has 2 aromatic heterocycles. The van der Waals surface area contributed by atoms with Crippen molar-refractivity contribution < 1.29 is 4.79 Å². The Balaban J connectivity index is 1.76. The Morgan fingerprint density at radius 3 is 2.87 bits per heavy atom. The van der Waals surface area contributed by atoms with Gasteiger partial charge in [-0.1, -0.05) is 20.8 Å². The van der Waals surface area contributed by atoms with Crippen LogP contribution in [-0.2, 0) is 0 Å². The summed E-state index contributed by atoms with van der Waals surface area (Å²) in [5.74, 6) is 0.0625. The zero-order valence-electron chi connectivity index (χ0n) is 14.3. The summed E-state index contributed by atoms with van der Waals surface area (Å²) < 4.78 is 0. The number of rotatable bonds is 3. The van der Waals surface area contributed by atoms with Crippen LogP contribution >= 0.6 is 11.3 Å². The molecule has 1 aliphatic heterocycles. The predicted octanol–water partition coefficient (Wildman–Crippen LogP) is 4.49. The Kier molecular flexibility index (Phi) is 4.32. The molecule has 124 valence electrons. The van der Waals surface area contributed by atoms with Crippen molar-refractivity contribution >= 4 is 17.2 Å². The average molecular weight is 331 g/mol. The molecule has 0 radical (unpaired) electrons. The lowest BCUT2D eigenvalue weighted by atomic mass is 9.87. The van der Waals surface area contributed by atoms with Crippen LogP contribution in [0.2, 0.25) is 0 Å². The molecular formula is C18H25N3OS. The molecule has 3 heterocycles. The van der Waals surface area contributed by atoms with E-state index >= 15 is 0 Å². The van der Waals surface area contributed by atoms with Crippen LogP contribution in [0.25, 0.3) is 10.6 Å². The molecule has 2 aromatic rings. The number of aromatic amines is 1. The van der Waals surface area contributed by atoms with Gasteiger partial charge in [-0.2, -0.15) is 5.10 Å². The van der Waals surface area contributed by atoms with Crippen LogP contribution in [-0.4, -0.2) is 33.6 Å². The Morgan fingerprint density at radius 2 is 2.22 bits per heavy atom. The van der Waals surface area contributed by atoms with Crippen molar-refractivity contribution in [3.63, 3.8) is 0 Å². The fraction of sp³-hybridized carbons (Fsp3) is 0.556. The number of thiophene rings is 1. The Morgan fingerprint density at radius 1 is 1.43 bits per heavy atom. The number of nitrogens with one attached hydrogen (secondary N) is 1. The minimum absolute atomic E-state index is 0.0625. The van der Waals surface area contributed by atoms with Gasteiger partial charge in [0, 0.05) is 17.5 Å². The third-order valence-corrected chi connectivity index (χ3v) is 5.32. The third kappa shape index (κ3) is 3.66. The lowest BCUT2D eigenvalue weighted by molar-refractivity contribution is 0.0698. The Labute approximate surface area is 141 Å². The van der Waals surface area contributed by atoms with Gasteiger partial charge >= 0.3 is 0 Å². The first-order chi connectivity index (χ1) is 10.8. The van der Waals surface area contributed by atoms with Crippen LogP contribution in [0.15, 0.2) is 18.2 Å². The van der Waals surface area contributed by atoms with E-state index in [1.165, 1.54) is 4.88 Å². The van der Waals surface area contributed by atoms with E-state index in [9.17, 15) is 4.79 Å². The fourth-order valence-electron chi connectivity index (χ4n) is 3.31. The molecule has 3 rings (SSSR count). The van der Waals surface area contributed by atoms with Gasteiger partial charge in [-0.15, -0.1) is 11.3 Å². The van der Waals surface area contributed by atoms with Gasteiger partial charge < -0.3 is 4.90 Å². The highest BCUT2D eigenvalue weighted by molar-refractivity contribution is 7.15. The van der Waals surface area contributed by atoms with Crippen molar-refractivity contribution in [1.82, 2.24) is 15.1 Å². The van der Waals surface area contributed by atoms with Crippen LogP contribution in [0.4, 0.5) is 0 Å². The standard InChI is InChI=1S/C18H25N3OS/c1-12-7-8-16(23-12)14-10-15(20-19-14)17(22)21-9-5-6-13(21)11-18(2,3)4/h7-8,10,13H,5-6,9,11H2,1-4H3,(H,19,20)/t13-/m1/s1. The number of carbonyl (C=O) groups excluding carboxylic acids is 1. The topological polar surface area (TPSA) is 49.0 Å². The first kappa shape index (κ1) is 16.2. The van der Waals surface area contributed by atoms with Crippen LogP contribution in [0, 0.1) is 12.3 Å². The molecule has 0 unspecified atom stereocenters. The van der Waals surface area contributed by atoms with E-state index in [1.54, 1.807) is 11.3 Å². The molecule has 4 nitrogen and oxygen atoms in total. The normalized spacial score (nSPS) is 18.6. The molecule has 0 bridgehead atoms. The van der Waals surface area contributed by atoms with Gasteiger partial charge in [-0.3, -0.25) is 9.89 Å². The second kappa shape index (κ2) is 6.11. The largest absolute Gasteiger partial charge is 0.334 e. The maximum atomic E-state index is 12.8. The molecule has 1 fully saturated rings. The second-order valence-electron chi connectivity index (χ2n) is 7.64. The number of hydrogen-bond acceptors (Lipinski definition) is 3. The SMILES string of the molecule is Cc1ccc(-c2cc(C(=O)N3CCC[C@@H]3CC(C)(C)C)n[nH]2)s1. The van der Waals surface area contributed by atoms with Crippen molar-refractivity contribution in [1.29, 1.82) is 0 Å². The molecule has 23 heavy (non-hydrogen) atoms. The average Bonchev–Trinajstić information content (AvgIpc) is 3.15. The van der Waals surface area contributed by atoms with Crippen LogP contribution in [0.1, 0.15) is 55.4 Å². The summed E-state index contributed by atoms with van der Waals surface area (Å²) in [6.45, 7) is 9.64. The van der Waals surface area contributed by atoms with Gasteiger partial charge in [0.2, 0.25) is 0 Å². The van der Waals surface area contributed by atoms with E-state index in [0.717, 1.165) is 36.4 Å². The van der Waals surface area contributed by atoms with E-state index in [-0.39, 0.29) is 11.3 Å². The van der Waals surface area contributed by atoms with E-state index in [4.69, 9.17) is 0 Å². The highest BCUT2D eigenvalue weighted by atomic mass is 32.1. The number of carbonyl (C=O) groups is 1. The molecule has 0 saturated carbocycles.